The van der Waals surface area contributed by atoms with Gasteiger partial charge < -0.3 is 10.0 Å². The molecule has 0 aliphatic rings. The zero-order valence-electron chi connectivity index (χ0n) is 10.4. The molecule has 2 rings (SSSR count). The standard InChI is InChI=1S/C14H10F3NO2/c1-18(9-2-4-10(19)5-3-9)14(20)8-6-11(15)13(17)12(16)7-8/h2-7,19H,1H3. The number of anilines is 1. The Morgan fingerprint density at radius 1 is 1.05 bits per heavy atom. The molecule has 0 unspecified atom stereocenters. The Labute approximate surface area is 112 Å². The van der Waals surface area contributed by atoms with Crippen molar-refractivity contribution < 1.29 is 23.1 Å². The van der Waals surface area contributed by atoms with E-state index in [2.05, 4.69) is 0 Å². The van der Waals surface area contributed by atoms with Crippen molar-refractivity contribution in [1.29, 1.82) is 0 Å². The summed E-state index contributed by atoms with van der Waals surface area (Å²) in [6.07, 6.45) is 0. The topological polar surface area (TPSA) is 40.5 Å². The summed E-state index contributed by atoms with van der Waals surface area (Å²) in [5.74, 6) is -5.14. The Kier molecular flexibility index (Phi) is 3.65. The van der Waals surface area contributed by atoms with Crippen molar-refractivity contribution in [2.45, 2.75) is 0 Å². The number of carbonyl (C=O) groups is 1. The molecule has 0 saturated heterocycles. The molecule has 0 saturated carbocycles. The van der Waals surface area contributed by atoms with Crippen molar-refractivity contribution in [3.63, 3.8) is 0 Å². The number of hydrogen-bond acceptors (Lipinski definition) is 2. The van der Waals surface area contributed by atoms with Crippen molar-refractivity contribution in [2.75, 3.05) is 11.9 Å². The lowest BCUT2D eigenvalue weighted by molar-refractivity contribution is 0.0992. The highest BCUT2D eigenvalue weighted by Gasteiger charge is 2.18. The minimum Gasteiger partial charge on any atom is -0.508 e. The van der Waals surface area contributed by atoms with E-state index >= 15 is 0 Å². The van der Waals surface area contributed by atoms with E-state index in [1.165, 1.54) is 31.3 Å². The maximum atomic E-state index is 13.1. The summed E-state index contributed by atoms with van der Waals surface area (Å²) in [4.78, 5) is 13.2. The van der Waals surface area contributed by atoms with Gasteiger partial charge in [0.2, 0.25) is 0 Å². The summed E-state index contributed by atoms with van der Waals surface area (Å²) in [5, 5.41) is 9.15. The summed E-state index contributed by atoms with van der Waals surface area (Å²) >= 11 is 0. The van der Waals surface area contributed by atoms with Gasteiger partial charge in [-0.25, -0.2) is 13.2 Å². The number of rotatable bonds is 2. The van der Waals surface area contributed by atoms with E-state index < -0.39 is 23.4 Å². The number of benzene rings is 2. The van der Waals surface area contributed by atoms with Crippen molar-refractivity contribution >= 4 is 11.6 Å². The molecule has 0 spiro atoms. The van der Waals surface area contributed by atoms with Crippen molar-refractivity contribution in [1.82, 2.24) is 0 Å². The molecule has 0 aliphatic heterocycles. The molecular weight excluding hydrogens is 271 g/mol. The number of hydrogen-bond donors (Lipinski definition) is 1. The molecule has 0 heterocycles. The van der Waals surface area contributed by atoms with Crippen LogP contribution in [0.1, 0.15) is 10.4 Å². The smallest absolute Gasteiger partial charge is 0.258 e. The molecule has 20 heavy (non-hydrogen) atoms. The van der Waals surface area contributed by atoms with Gasteiger partial charge in [0.25, 0.3) is 5.91 Å². The quantitative estimate of drug-likeness (QED) is 0.859. The molecular formula is C14H10F3NO2. The van der Waals surface area contributed by atoms with Crippen LogP contribution >= 0.6 is 0 Å². The predicted octanol–water partition coefficient (Wildman–Crippen LogP) is 3.09. The van der Waals surface area contributed by atoms with Gasteiger partial charge in [0.05, 0.1) is 0 Å². The van der Waals surface area contributed by atoms with Crippen molar-refractivity contribution in [3.8, 4) is 5.75 Å². The summed E-state index contributed by atoms with van der Waals surface area (Å²) in [6.45, 7) is 0. The third kappa shape index (κ3) is 2.59. The Morgan fingerprint density at radius 2 is 1.55 bits per heavy atom. The molecule has 0 aromatic heterocycles. The predicted molar refractivity (Wildman–Crippen MR) is 67.2 cm³/mol. The van der Waals surface area contributed by atoms with Crippen LogP contribution in [0.4, 0.5) is 18.9 Å². The van der Waals surface area contributed by atoms with Gasteiger partial charge in [0, 0.05) is 18.3 Å². The van der Waals surface area contributed by atoms with Gasteiger partial charge in [-0.3, -0.25) is 4.79 Å². The first-order chi connectivity index (χ1) is 9.40. The lowest BCUT2D eigenvalue weighted by Gasteiger charge is -2.17. The van der Waals surface area contributed by atoms with Crippen LogP contribution < -0.4 is 4.90 Å². The highest BCUT2D eigenvalue weighted by molar-refractivity contribution is 6.05. The van der Waals surface area contributed by atoms with E-state index in [1.54, 1.807) is 0 Å². The molecule has 1 amide bonds. The Bertz CT molecular complexity index is 633. The fraction of sp³-hybridized carbons (Fsp3) is 0.0714. The van der Waals surface area contributed by atoms with Gasteiger partial charge in [0.1, 0.15) is 5.75 Å². The van der Waals surface area contributed by atoms with Crippen LogP contribution in [0.2, 0.25) is 0 Å². The van der Waals surface area contributed by atoms with Gasteiger partial charge in [-0.05, 0) is 36.4 Å². The Morgan fingerprint density at radius 3 is 2.05 bits per heavy atom. The number of amides is 1. The third-order valence-electron chi connectivity index (χ3n) is 2.77. The summed E-state index contributed by atoms with van der Waals surface area (Å²) in [5.41, 5.74) is 0.106. The molecule has 0 bridgehead atoms. The van der Waals surface area contributed by atoms with Crippen LogP contribution in [0.3, 0.4) is 0 Å². The molecule has 2 aromatic rings. The van der Waals surface area contributed by atoms with Crippen molar-refractivity contribution in [2.24, 2.45) is 0 Å². The number of aromatic hydroxyl groups is 1. The van der Waals surface area contributed by atoms with Crippen LogP contribution in [0.25, 0.3) is 0 Å². The highest BCUT2D eigenvalue weighted by Crippen LogP contribution is 2.20. The number of carbonyl (C=O) groups excluding carboxylic acids is 1. The second-order valence-corrected chi connectivity index (χ2v) is 4.13. The monoisotopic (exact) mass is 281 g/mol. The Hall–Kier alpha value is -2.50. The second kappa shape index (κ2) is 5.24. The highest BCUT2D eigenvalue weighted by atomic mass is 19.2. The van der Waals surface area contributed by atoms with Crippen LogP contribution in [-0.4, -0.2) is 18.1 Å². The lowest BCUT2D eigenvalue weighted by atomic mass is 10.1. The maximum absolute atomic E-state index is 13.1. The van der Waals surface area contributed by atoms with Crippen molar-refractivity contribution in [3.05, 3.63) is 59.4 Å². The molecule has 0 atom stereocenters. The summed E-state index contributed by atoms with van der Waals surface area (Å²) in [7, 11) is 1.40. The lowest BCUT2D eigenvalue weighted by Crippen LogP contribution is -2.26. The number of halogens is 3. The normalized spacial score (nSPS) is 10.4. The average Bonchev–Trinajstić information content (AvgIpc) is 2.43. The van der Waals surface area contributed by atoms with Gasteiger partial charge in [-0.15, -0.1) is 0 Å². The summed E-state index contributed by atoms with van der Waals surface area (Å²) < 4.78 is 39.0. The minimum absolute atomic E-state index is 0.0217. The molecule has 6 heteroatoms. The first-order valence-corrected chi connectivity index (χ1v) is 5.62. The van der Waals surface area contributed by atoms with Crippen LogP contribution in [0.5, 0.6) is 5.75 Å². The van der Waals surface area contributed by atoms with E-state index in [0.717, 1.165) is 4.90 Å². The first kappa shape index (κ1) is 13.9. The molecule has 0 fully saturated rings. The first-order valence-electron chi connectivity index (χ1n) is 5.62. The number of nitrogens with zero attached hydrogens (tertiary/aromatic N) is 1. The number of phenols is 1. The fourth-order valence-electron chi connectivity index (χ4n) is 1.67. The van der Waals surface area contributed by atoms with Gasteiger partial charge >= 0.3 is 0 Å². The van der Waals surface area contributed by atoms with Gasteiger partial charge in [0.15, 0.2) is 17.5 Å². The molecule has 104 valence electrons. The SMILES string of the molecule is CN(C(=O)c1cc(F)c(F)c(F)c1)c1ccc(O)cc1. The molecule has 2 aromatic carbocycles. The zero-order chi connectivity index (χ0) is 14.9. The molecule has 0 radical (unpaired) electrons. The van der Waals surface area contributed by atoms with Gasteiger partial charge in [-0.2, -0.15) is 0 Å². The van der Waals surface area contributed by atoms with Crippen LogP contribution in [0.15, 0.2) is 36.4 Å². The van der Waals surface area contributed by atoms with E-state index in [-0.39, 0.29) is 11.3 Å². The van der Waals surface area contributed by atoms with Crippen LogP contribution in [-0.2, 0) is 0 Å². The van der Waals surface area contributed by atoms with E-state index in [4.69, 9.17) is 5.11 Å². The molecule has 1 N–H and O–H groups in total. The number of phenolic OH excluding ortho intramolecular Hbond substituents is 1. The minimum atomic E-state index is -1.62. The average molecular weight is 281 g/mol. The molecule has 3 nitrogen and oxygen atoms in total. The zero-order valence-corrected chi connectivity index (χ0v) is 10.4. The van der Waals surface area contributed by atoms with E-state index in [1.807, 2.05) is 0 Å². The Balaban J connectivity index is 2.33. The molecule has 0 aliphatic carbocycles. The second-order valence-electron chi connectivity index (χ2n) is 4.13. The fourth-order valence-corrected chi connectivity index (χ4v) is 1.67. The summed E-state index contributed by atoms with van der Waals surface area (Å²) in [6, 6.07) is 6.93. The third-order valence-corrected chi connectivity index (χ3v) is 2.77. The maximum Gasteiger partial charge on any atom is 0.258 e. The van der Waals surface area contributed by atoms with E-state index in [0.29, 0.717) is 17.8 Å². The largest absolute Gasteiger partial charge is 0.508 e. The van der Waals surface area contributed by atoms with Crippen LogP contribution in [0, 0.1) is 17.5 Å². The van der Waals surface area contributed by atoms with E-state index in [9.17, 15) is 18.0 Å². The van der Waals surface area contributed by atoms with Gasteiger partial charge in [-0.1, -0.05) is 0 Å².